The molecule has 0 saturated carbocycles. The molecule has 0 bridgehead atoms. The number of hydrogen-bond donors (Lipinski definition) is 0. The van der Waals surface area contributed by atoms with Crippen LogP contribution in [0.5, 0.6) is 0 Å². The minimum absolute atomic E-state index is 0.312. The Morgan fingerprint density at radius 2 is 1.68 bits per heavy atom. The molecule has 144 valence electrons. The minimum Gasteiger partial charge on any atom is -0.462 e. The normalized spacial score (nSPS) is 15.0. The van der Waals surface area contributed by atoms with Crippen molar-refractivity contribution in [1.82, 2.24) is 9.88 Å². The highest BCUT2D eigenvalue weighted by molar-refractivity contribution is 6.10. The largest absolute Gasteiger partial charge is 0.462 e. The highest BCUT2D eigenvalue weighted by atomic mass is 16.5. The number of esters is 1. The number of aromatic nitrogens is 1. The van der Waals surface area contributed by atoms with Gasteiger partial charge in [0.1, 0.15) is 11.4 Å². The maximum atomic E-state index is 13.1. The summed E-state index contributed by atoms with van der Waals surface area (Å²) in [5.41, 5.74) is 3.36. The van der Waals surface area contributed by atoms with Crippen molar-refractivity contribution in [2.24, 2.45) is 0 Å². The topological polar surface area (TPSA) is 45.7 Å². The van der Waals surface area contributed by atoms with Gasteiger partial charge in [0.25, 0.3) is 0 Å². The number of hydrogen-bond acceptors (Lipinski definition) is 5. The second-order valence-corrected chi connectivity index (χ2v) is 7.08. The molecular formula is C23H25N3O2. The number of likely N-dealkylation sites (N-methyl/N-ethyl adjacent to an activating group) is 1. The number of fused-ring (bicyclic) bond motifs is 1. The predicted molar refractivity (Wildman–Crippen MR) is 113 cm³/mol. The summed E-state index contributed by atoms with van der Waals surface area (Å²) in [6.45, 7) is 5.73. The summed E-state index contributed by atoms with van der Waals surface area (Å²) in [4.78, 5) is 22.5. The smallest absolute Gasteiger partial charge is 0.342 e. The number of pyridine rings is 1. The van der Waals surface area contributed by atoms with E-state index in [4.69, 9.17) is 9.72 Å². The number of rotatable bonds is 4. The van der Waals surface area contributed by atoms with Gasteiger partial charge in [0.15, 0.2) is 0 Å². The van der Waals surface area contributed by atoms with Crippen LogP contribution in [0, 0.1) is 0 Å². The van der Waals surface area contributed by atoms with Crippen LogP contribution in [0.1, 0.15) is 17.3 Å². The number of carbonyl (C=O) groups excluding carboxylic acids is 1. The monoisotopic (exact) mass is 375 g/mol. The number of carbonyl (C=O) groups is 1. The highest BCUT2D eigenvalue weighted by Gasteiger charge is 2.27. The molecule has 1 aliphatic rings. The lowest BCUT2D eigenvalue weighted by Crippen LogP contribution is -2.45. The van der Waals surface area contributed by atoms with Gasteiger partial charge in [0, 0.05) is 37.1 Å². The van der Waals surface area contributed by atoms with E-state index in [9.17, 15) is 4.79 Å². The van der Waals surface area contributed by atoms with Crippen LogP contribution >= 0.6 is 0 Å². The predicted octanol–water partition coefficient (Wildman–Crippen LogP) is 3.83. The SMILES string of the molecule is CCOC(=O)c1c(N2CCN(C)CC2)nc2ccccc2c1-c1ccccc1. The summed E-state index contributed by atoms with van der Waals surface area (Å²) in [5.74, 6) is 0.414. The fourth-order valence-electron chi connectivity index (χ4n) is 3.75. The van der Waals surface area contributed by atoms with Crippen LogP contribution in [0.3, 0.4) is 0 Å². The summed E-state index contributed by atoms with van der Waals surface area (Å²) < 4.78 is 5.48. The van der Waals surface area contributed by atoms with Crippen molar-refractivity contribution in [2.75, 3.05) is 44.7 Å². The Morgan fingerprint density at radius 3 is 2.39 bits per heavy atom. The number of benzene rings is 2. The fourth-order valence-corrected chi connectivity index (χ4v) is 3.75. The summed E-state index contributed by atoms with van der Waals surface area (Å²) in [7, 11) is 2.12. The van der Waals surface area contributed by atoms with Crippen molar-refractivity contribution >= 4 is 22.7 Å². The van der Waals surface area contributed by atoms with Crippen LogP contribution in [-0.4, -0.2) is 55.7 Å². The Balaban J connectivity index is 2.00. The molecule has 0 spiro atoms. The lowest BCUT2D eigenvalue weighted by molar-refractivity contribution is 0.0527. The summed E-state index contributed by atoms with van der Waals surface area (Å²) in [5, 5.41) is 0.967. The average Bonchev–Trinajstić information content (AvgIpc) is 2.73. The maximum Gasteiger partial charge on any atom is 0.342 e. The van der Waals surface area contributed by atoms with Crippen molar-refractivity contribution in [1.29, 1.82) is 0 Å². The molecule has 0 radical (unpaired) electrons. The van der Waals surface area contributed by atoms with E-state index in [1.807, 2.05) is 61.5 Å². The first-order chi connectivity index (χ1) is 13.7. The van der Waals surface area contributed by atoms with Crippen LogP contribution in [0.15, 0.2) is 54.6 Å². The molecule has 3 aromatic rings. The van der Waals surface area contributed by atoms with Gasteiger partial charge in [-0.25, -0.2) is 9.78 Å². The molecule has 5 heteroatoms. The van der Waals surface area contributed by atoms with Crippen molar-refractivity contribution in [3.63, 3.8) is 0 Å². The van der Waals surface area contributed by atoms with E-state index in [0.717, 1.165) is 54.0 Å². The Bertz CT molecular complexity index is 980. The van der Waals surface area contributed by atoms with Crippen LogP contribution in [0.25, 0.3) is 22.0 Å². The number of ether oxygens (including phenoxy) is 1. The van der Waals surface area contributed by atoms with Gasteiger partial charge >= 0.3 is 5.97 Å². The Kier molecular flexibility index (Phi) is 5.26. The summed E-state index contributed by atoms with van der Waals surface area (Å²) in [6.07, 6.45) is 0. The Hall–Kier alpha value is -2.92. The molecular weight excluding hydrogens is 350 g/mol. The number of nitrogens with zero attached hydrogens (tertiary/aromatic N) is 3. The maximum absolute atomic E-state index is 13.1. The number of para-hydroxylation sites is 1. The van der Waals surface area contributed by atoms with E-state index < -0.39 is 0 Å². The van der Waals surface area contributed by atoms with Crippen molar-refractivity contribution in [2.45, 2.75) is 6.92 Å². The van der Waals surface area contributed by atoms with Crippen LogP contribution in [0.4, 0.5) is 5.82 Å². The first-order valence-corrected chi connectivity index (χ1v) is 9.78. The molecule has 1 aromatic heterocycles. The van der Waals surface area contributed by atoms with Gasteiger partial charge in [-0.2, -0.15) is 0 Å². The summed E-state index contributed by atoms with van der Waals surface area (Å²) >= 11 is 0. The zero-order valence-corrected chi connectivity index (χ0v) is 16.4. The van der Waals surface area contributed by atoms with E-state index in [2.05, 4.69) is 16.8 Å². The van der Waals surface area contributed by atoms with E-state index in [1.165, 1.54) is 0 Å². The van der Waals surface area contributed by atoms with Gasteiger partial charge < -0.3 is 14.5 Å². The van der Waals surface area contributed by atoms with Crippen LogP contribution in [-0.2, 0) is 4.74 Å². The molecule has 0 amide bonds. The molecule has 1 saturated heterocycles. The third-order valence-corrected chi connectivity index (χ3v) is 5.22. The lowest BCUT2D eigenvalue weighted by atomic mass is 9.95. The lowest BCUT2D eigenvalue weighted by Gasteiger charge is -2.34. The third kappa shape index (κ3) is 3.45. The summed E-state index contributed by atoms with van der Waals surface area (Å²) in [6, 6.07) is 18.1. The van der Waals surface area contributed by atoms with Gasteiger partial charge in [-0.1, -0.05) is 48.5 Å². The van der Waals surface area contributed by atoms with Crippen LogP contribution < -0.4 is 4.90 Å². The molecule has 1 fully saturated rings. The standard InChI is InChI=1S/C23H25N3O2/c1-3-28-23(27)21-20(17-9-5-4-6-10-17)18-11-7-8-12-19(18)24-22(21)26-15-13-25(2)14-16-26/h4-12H,3,13-16H2,1-2H3. The van der Waals surface area contributed by atoms with E-state index in [0.29, 0.717) is 12.2 Å². The molecule has 0 aliphatic carbocycles. The Labute approximate surface area is 165 Å². The van der Waals surface area contributed by atoms with E-state index in [-0.39, 0.29) is 5.97 Å². The molecule has 4 rings (SSSR count). The minimum atomic E-state index is -0.312. The zero-order chi connectivity index (χ0) is 19.5. The molecule has 5 nitrogen and oxygen atoms in total. The molecule has 28 heavy (non-hydrogen) atoms. The fraction of sp³-hybridized carbons (Fsp3) is 0.304. The van der Waals surface area contributed by atoms with Gasteiger partial charge in [-0.15, -0.1) is 0 Å². The van der Waals surface area contributed by atoms with Gasteiger partial charge in [0.2, 0.25) is 0 Å². The van der Waals surface area contributed by atoms with Gasteiger partial charge in [0.05, 0.1) is 12.1 Å². The molecule has 2 aromatic carbocycles. The third-order valence-electron chi connectivity index (χ3n) is 5.22. The molecule has 1 aliphatic heterocycles. The highest BCUT2D eigenvalue weighted by Crippen LogP contribution is 2.37. The second kappa shape index (κ2) is 7.98. The van der Waals surface area contributed by atoms with Crippen molar-refractivity contribution in [3.8, 4) is 11.1 Å². The quantitative estimate of drug-likeness (QED) is 0.649. The van der Waals surface area contributed by atoms with Crippen molar-refractivity contribution in [3.05, 3.63) is 60.2 Å². The average molecular weight is 375 g/mol. The second-order valence-electron chi connectivity index (χ2n) is 7.08. The zero-order valence-electron chi connectivity index (χ0n) is 16.4. The molecule has 0 N–H and O–H groups in total. The van der Waals surface area contributed by atoms with Gasteiger partial charge in [-0.3, -0.25) is 0 Å². The van der Waals surface area contributed by atoms with E-state index >= 15 is 0 Å². The number of anilines is 1. The number of piperazine rings is 1. The van der Waals surface area contributed by atoms with Crippen LogP contribution in [0.2, 0.25) is 0 Å². The molecule has 0 atom stereocenters. The molecule has 2 heterocycles. The van der Waals surface area contributed by atoms with Gasteiger partial charge in [-0.05, 0) is 25.6 Å². The molecule has 0 unspecified atom stereocenters. The van der Waals surface area contributed by atoms with E-state index in [1.54, 1.807) is 0 Å². The first-order valence-electron chi connectivity index (χ1n) is 9.78. The Morgan fingerprint density at radius 1 is 1.00 bits per heavy atom. The van der Waals surface area contributed by atoms with Crippen molar-refractivity contribution < 1.29 is 9.53 Å². The first kappa shape index (κ1) is 18.4.